The second-order valence-electron chi connectivity index (χ2n) is 3.70. The van der Waals surface area contributed by atoms with Crippen molar-refractivity contribution in [2.45, 2.75) is 4.90 Å². The van der Waals surface area contributed by atoms with Crippen LogP contribution in [0.15, 0.2) is 27.5 Å². The molecule has 0 amide bonds. The number of aromatic carboxylic acids is 1. The van der Waals surface area contributed by atoms with Crippen molar-refractivity contribution in [2.75, 3.05) is 13.4 Å². The molecule has 0 unspecified atom stereocenters. The summed E-state index contributed by atoms with van der Waals surface area (Å²) in [7, 11) is -2.29. The zero-order valence-electron chi connectivity index (χ0n) is 9.63. The van der Waals surface area contributed by atoms with Gasteiger partial charge in [0.15, 0.2) is 9.84 Å². The molecule has 2 aromatic rings. The van der Waals surface area contributed by atoms with E-state index in [1.165, 1.54) is 19.2 Å². The van der Waals surface area contributed by atoms with Crippen molar-refractivity contribution in [3.05, 3.63) is 24.0 Å². The summed E-state index contributed by atoms with van der Waals surface area (Å²) < 4.78 is 33.4. The van der Waals surface area contributed by atoms with Gasteiger partial charge in [-0.1, -0.05) is 0 Å². The van der Waals surface area contributed by atoms with Gasteiger partial charge in [-0.25, -0.2) is 13.2 Å². The molecule has 1 aromatic heterocycles. The number of benzene rings is 1. The fraction of sp³-hybridized carbons (Fsp3) is 0.182. The molecule has 0 radical (unpaired) electrons. The number of hydrogen-bond donors (Lipinski definition) is 1. The van der Waals surface area contributed by atoms with E-state index in [4.69, 9.17) is 14.3 Å². The van der Waals surface area contributed by atoms with Crippen molar-refractivity contribution in [1.82, 2.24) is 0 Å². The van der Waals surface area contributed by atoms with Crippen molar-refractivity contribution in [3.63, 3.8) is 0 Å². The van der Waals surface area contributed by atoms with Crippen LogP contribution in [0.2, 0.25) is 0 Å². The van der Waals surface area contributed by atoms with Crippen molar-refractivity contribution in [1.29, 1.82) is 0 Å². The van der Waals surface area contributed by atoms with Crippen molar-refractivity contribution >= 4 is 26.8 Å². The number of furan rings is 1. The SMILES string of the molecule is COc1ccc2oc(C(=O)O)c(S(C)(=O)=O)c2c1. The summed E-state index contributed by atoms with van der Waals surface area (Å²) in [6, 6.07) is 4.46. The fourth-order valence-corrected chi connectivity index (χ4v) is 2.71. The third-order valence-corrected chi connectivity index (χ3v) is 3.56. The maximum atomic E-state index is 11.7. The summed E-state index contributed by atoms with van der Waals surface area (Å²) in [4.78, 5) is 10.7. The van der Waals surface area contributed by atoms with E-state index in [9.17, 15) is 13.2 Å². The van der Waals surface area contributed by atoms with Crippen LogP contribution in [0.25, 0.3) is 11.0 Å². The monoisotopic (exact) mass is 270 g/mol. The Labute approximate surface area is 103 Å². The number of hydrogen-bond acceptors (Lipinski definition) is 5. The van der Waals surface area contributed by atoms with Crippen LogP contribution in [-0.2, 0) is 9.84 Å². The first-order valence-electron chi connectivity index (χ1n) is 4.88. The van der Waals surface area contributed by atoms with E-state index in [2.05, 4.69) is 0 Å². The van der Waals surface area contributed by atoms with Crippen molar-refractivity contribution in [3.8, 4) is 5.75 Å². The van der Waals surface area contributed by atoms with E-state index < -0.39 is 21.6 Å². The van der Waals surface area contributed by atoms with Crippen LogP contribution in [0.4, 0.5) is 0 Å². The van der Waals surface area contributed by atoms with Crippen LogP contribution in [0.1, 0.15) is 10.6 Å². The Kier molecular flexibility index (Phi) is 2.78. The normalized spacial score (nSPS) is 11.7. The molecule has 0 fully saturated rings. The lowest BCUT2D eigenvalue weighted by Crippen LogP contribution is -2.04. The summed E-state index contributed by atoms with van der Waals surface area (Å²) in [5.74, 6) is -1.59. The molecule has 0 aliphatic carbocycles. The van der Waals surface area contributed by atoms with Gasteiger partial charge in [0.2, 0.25) is 5.76 Å². The smallest absolute Gasteiger partial charge is 0.373 e. The third kappa shape index (κ3) is 1.92. The van der Waals surface area contributed by atoms with E-state index in [0.29, 0.717) is 5.75 Å². The molecule has 0 aliphatic rings. The molecule has 0 atom stereocenters. The molecule has 6 nitrogen and oxygen atoms in total. The highest BCUT2D eigenvalue weighted by Gasteiger charge is 2.27. The minimum Gasteiger partial charge on any atom is -0.497 e. The Morgan fingerprint density at radius 1 is 1.39 bits per heavy atom. The van der Waals surface area contributed by atoms with E-state index in [1.807, 2.05) is 0 Å². The van der Waals surface area contributed by atoms with Crippen molar-refractivity contribution in [2.24, 2.45) is 0 Å². The summed E-state index contributed by atoms with van der Waals surface area (Å²) in [6.07, 6.45) is 0.934. The van der Waals surface area contributed by atoms with E-state index >= 15 is 0 Å². The number of methoxy groups -OCH3 is 1. The summed E-state index contributed by atoms with van der Waals surface area (Å²) in [5, 5.41) is 9.17. The Morgan fingerprint density at radius 2 is 2.06 bits per heavy atom. The Bertz CT molecular complexity index is 725. The van der Waals surface area contributed by atoms with Gasteiger partial charge in [-0.2, -0.15) is 0 Å². The molecule has 1 N–H and O–H groups in total. The van der Waals surface area contributed by atoms with Crippen LogP contribution >= 0.6 is 0 Å². The molecule has 0 saturated heterocycles. The van der Waals surface area contributed by atoms with Crippen LogP contribution in [-0.4, -0.2) is 32.9 Å². The average molecular weight is 270 g/mol. The lowest BCUT2D eigenvalue weighted by Gasteiger charge is -1.99. The fourth-order valence-electron chi connectivity index (χ4n) is 1.69. The molecule has 1 heterocycles. The minimum absolute atomic E-state index is 0.189. The number of rotatable bonds is 3. The van der Waals surface area contributed by atoms with E-state index in [-0.39, 0.29) is 15.9 Å². The van der Waals surface area contributed by atoms with Gasteiger partial charge >= 0.3 is 5.97 Å². The molecule has 96 valence electrons. The zero-order valence-corrected chi connectivity index (χ0v) is 10.4. The van der Waals surface area contributed by atoms with Gasteiger partial charge in [-0.3, -0.25) is 0 Å². The lowest BCUT2D eigenvalue weighted by atomic mass is 10.2. The van der Waals surface area contributed by atoms with Gasteiger partial charge in [0, 0.05) is 11.6 Å². The molecular formula is C11H10O6S. The summed E-state index contributed by atoms with van der Waals surface area (Å²) >= 11 is 0. The predicted molar refractivity (Wildman–Crippen MR) is 62.8 cm³/mol. The maximum absolute atomic E-state index is 11.7. The Balaban J connectivity index is 2.92. The first-order chi connectivity index (χ1) is 8.34. The Hall–Kier alpha value is -2.02. The number of ether oxygens (including phenoxy) is 1. The van der Waals surface area contributed by atoms with E-state index in [1.54, 1.807) is 6.07 Å². The third-order valence-electron chi connectivity index (χ3n) is 2.41. The number of fused-ring (bicyclic) bond motifs is 1. The topological polar surface area (TPSA) is 93.8 Å². The van der Waals surface area contributed by atoms with E-state index in [0.717, 1.165) is 6.26 Å². The summed E-state index contributed by atoms with van der Waals surface area (Å²) in [6.45, 7) is 0. The largest absolute Gasteiger partial charge is 0.497 e. The maximum Gasteiger partial charge on any atom is 0.373 e. The number of carboxylic acids is 1. The molecule has 7 heteroatoms. The molecule has 0 spiro atoms. The summed E-state index contributed by atoms with van der Waals surface area (Å²) in [5.41, 5.74) is 0.189. The predicted octanol–water partition coefficient (Wildman–Crippen LogP) is 1.54. The second-order valence-corrected chi connectivity index (χ2v) is 5.65. The quantitative estimate of drug-likeness (QED) is 0.909. The molecular weight excluding hydrogens is 260 g/mol. The molecule has 0 saturated carbocycles. The van der Waals surface area contributed by atoms with Gasteiger partial charge in [0.25, 0.3) is 0 Å². The number of carboxylic acid groups (broad SMARTS) is 1. The highest BCUT2D eigenvalue weighted by Crippen LogP contribution is 2.32. The van der Waals surface area contributed by atoms with Gasteiger partial charge in [-0.15, -0.1) is 0 Å². The van der Waals surface area contributed by atoms with Crippen LogP contribution in [0, 0.1) is 0 Å². The first-order valence-corrected chi connectivity index (χ1v) is 6.77. The number of carbonyl (C=O) groups is 1. The molecule has 18 heavy (non-hydrogen) atoms. The van der Waals surface area contributed by atoms with Crippen LogP contribution < -0.4 is 4.74 Å². The molecule has 0 aliphatic heterocycles. The van der Waals surface area contributed by atoms with Gasteiger partial charge in [0.05, 0.1) is 7.11 Å². The minimum atomic E-state index is -3.72. The van der Waals surface area contributed by atoms with Gasteiger partial charge < -0.3 is 14.3 Å². The van der Waals surface area contributed by atoms with Gasteiger partial charge in [-0.05, 0) is 18.2 Å². The lowest BCUT2D eigenvalue weighted by molar-refractivity contribution is 0.0659. The second kappa shape index (κ2) is 4.02. The van der Waals surface area contributed by atoms with Gasteiger partial charge in [0.1, 0.15) is 16.2 Å². The first kappa shape index (κ1) is 12.4. The Morgan fingerprint density at radius 3 is 2.56 bits per heavy atom. The highest BCUT2D eigenvalue weighted by atomic mass is 32.2. The zero-order chi connectivity index (χ0) is 13.5. The molecule has 1 aromatic carbocycles. The molecule has 0 bridgehead atoms. The average Bonchev–Trinajstić information content (AvgIpc) is 2.66. The molecule has 2 rings (SSSR count). The number of sulfone groups is 1. The standard InChI is InChI=1S/C11H10O6S/c1-16-6-3-4-8-7(5-6)10(18(2,14)15)9(17-8)11(12)13/h3-5H,1-2H3,(H,12,13). The van der Waals surface area contributed by atoms with Crippen LogP contribution in [0.5, 0.6) is 5.75 Å². The van der Waals surface area contributed by atoms with Crippen molar-refractivity contribution < 1.29 is 27.5 Å². The van der Waals surface area contributed by atoms with Crippen LogP contribution in [0.3, 0.4) is 0 Å². The highest BCUT2D eigenvalue weighted by molar-refractivity contribution is 7.91.